The molecule has 2 rings (SSSR count). The molecule has 104 valence electrons. The minimum Gasteiger partial charge on any atom is -0.435 e. The van der Waals surface area contributed by atoms with Crippen LogP contribution in [-0.2, 0) is 0 Å². The van der Waals surface area contributed by atoms with Gasteiger partial charge in [0.05, 0.1) is 6.10 Å². The van der Waals surface area contributed by atoms with Crippen molar-refractivity contribution in [3.05, 3.63) is 29.8 Å². The van der Waals surface area contributed by atoms with Crippen molar-refractivity contribution < 1.29 is 23.4 Å². The molecule has 0 spiro atoms. The second-order valence-electron chi connectivity index (χ2n) is 4.61. The molecule has 6 heteroatoms. The number of carbonyl (C=O) groups excluding carboxylic acids is 1. The summed E-state index contributed by atoms with van der Waals surface area (Å²) in [6.45, 7) is -2.43. The highest BCUT2D eigenvalue weighted by atomic mass is 19.3. The molecule has 1 aliphatic carbocycles. The molecule has 0 heterocycles. The van der Waals surface area contributed by atoms with Crippen molar-refractivity contribution in [3.8, 4) is 5.75 Å². The van der Waals surface area contributed by atoms with Gasteiger partial charge in [-0.25, -0.2) is 0 Å². The first kappa shape index (κ1) is 13.7. The molecular formula is C13H15F2NO3. The number of benzene rings is 1. The Morgan fingerprint density at radius 3 is 2.84 bits per heavy atom. The number of hydrogen-bond donors (Lipinski definition) is 2. The number of hydrogen-bond acceptors (Lipinski definition) is 3. The molecule has 1 aromatic carbocycles. The van der Waals surface area contributed by atoms with Gasteiger partial charge < -0.3 is 15.2 Å². The van der Waals surface area contributed by atoms with Crippen molar-refractivity contribution in [1.82, 2.24) is 5.32 Å². The van der Waals surface area contributed by atoms with Crippen molar-refractivity contribution in [2.24, 2.45) is 5.92 Å². The molecule has 0 aromatic heterocycles. The first-order valence-electron chi connectivity index (χ1n) is 6.05. The van der Waals surface area contributed by atoms with Crippen molar-refractivity contribution in [2.45, 2.75) is 25.6 Å². The van der Waals surface area contributed by atoms with Crippen LogP contribution in [0, 0.1) is 5.92 Å². The van der Waals surface area contributed by atoms with Crippen LogP contribution in [0.5, 0.6) is 5.75 Å². The lowest BCUT2D eigenvalue weighted by molar-refractivity contribution is -0.0498. The number of aliphatic hydroxyl groups is 1. The van der Waals surface area contributed by atoms with Crippen molar-refractivity contribution in [1.29, 1.82) is 0 Å². The summed E-state index contributed by atoms with van der Waals surface area (Å²) in [6.07, 6.45) is 1.12. The zero-order valence-corrected chi connectivity index (χ0v) is 10.2. The van der Waals surface area contributed by atoms with E-state index in [4.69, 9.17) is 5.11 Å². The zero-order chi connectivity index (χ0) is 13.8. The van der Waals surface area contributed by atoms with E-state index in [1.165, 1.54) is 24.3 Å². The number of aliphatic hydroxyl groups excluding tert-OH is 1. The number of alkyl halides is 2. The van der Waals surface area contributed by atoms with Crippen molar-refractivity contribution in [3.63, 3.8) is 0 Å². The van der Waals surface area contributed by atoms with Crippen LogP contribution in [0.15, 0.2) is 24.3 Å². The number of carbonyl (C=O) groups is 1. The van der Waals surface area contributed by atoms with Crippen LogP contribution < -0.4 is 10.1 Å². The molecule has 19 heavy (non-hydrogen) atoms. The van der Waals surface area contributed by atoms with Gasteiger partial charge in [0.15, 0.2) is 0 Å². The average Bonchev–Trinajstić information content (AvgIpc) is 2.32. The number of amides is 1. The van der Waals surface area contributed by atoms with Gasteiger partial charge in [-0.2, -0.15) is 8.78 Å². The number of rotatable bonds is 5. The van der Waals surface area contributed by atoms with E-state index in [-0.39, 0.29) is 23.3 Å². The average molecular weight is 271 g/mol. The van der Waals surface area contributed by atoms with Gasteiger partial charge in [-0.05, 0) is 37.0 Å². The minimum absolute atomic E-state index is 0.0401. The third kappa shape index (κ3) is 3.89. The number of halogens is 2. The van der Waals surface area contributed by atoms with Crippen molar-refractivity contribution >= 4 is 5.91 Å². The van der Waals surface area contributed by atoms with Gasteiger partial charge in [-0.15, -0.1) is 0 Å². The maximum absolute atomic E-state index is 12.1. The SMILES string of the molecule is O=C(NCC1CC(O)C1)c1cccc(OC(F)F)c1. The smallest absolute Gasteiger partial charge is 0.387 e. The number of nitrogens with one attached hydrogen (secondary N) is 1. The fourth-order valence-corrected chi connectivity index (χ4v) is 2.02. The van der Waals surface area contributed by atoms with Crippen LogP contribution >= 0.6 is 0 Å². The fraction of sp³-hybridized carbons (Fsp3) is 0.462. The minimum atomic E-state index is -2.91. The van der Waals surface area contributed by atoms with E-state index >= 15 is 0 Å². The van der Waals surface area contributed by atoms with Gasteiger partial charge in [-0.3, -0.25) is 4.79 Å². The molecule has 1 amide bonds. The monoisotopic (exact) mass is 271 g/mol. The third-order valence-corrected chi connectivity index (χ3v) is 3.08. The highest BCUT2D eigenvalue weighted by Crippen LogP contribution is 2.26. The fourth-order valence-electron chi connectivity index (χ4n) is 2.02. The molecule has 2 N–H and O–H groups in total. The molecule has 1 saturated carbocycles. The lowest BCUT2D eigenvalue weighted by Gasteiger charge is -2.31. The van der Waals surface area contributed by atoms with E-state index in [1.54, 1.807) is 0 Å². The van der Waals surface area contributed by atoms with E-state index in [0.717, 1.165) is 0 Å². The molecule has 0 atom stereocenters. The first-order chi connectivity index (χ1) is 9.04. The third-order valence-electron chi connectivity index (χ3n) is 3.08. The van der Waals surface area contributed by atoms with E-state index in [0.29, 0.717) is 25.3 Å². The van der Waals surface area contributed by atoms with E-state index in [1.807, 2.05) is 0 Å². The van der Waals surface area contributed by atoms with E-state index < -0.39 is 6.61 Å². The number of ether oxygens (including phenoxy) is 1. The van der Waals surface area contributed by atoms with E-state index in [9.17, 15) is 13.6 Å². The van der Waals surface area contributed by atoms with Gasteiger partial charge in [0.2, 0.25) is 0 Å². The molecule has 1 aliphatic rings. The van der Waals surface area contributed by atoms with Crippen LogP contribution in [0.4, 0.5) is 8.78 Å². The Morgan fingerprint density at radius 1 is 1.47 bits per heavy atom. The quantitative estimate of drug-likeness (QED) is 0.858. The van der Waals surface area contributed by atoms with Gasteiger partial charge >= 0.3 is 6.61 Å². The molecule has 0 saturated heterocycles. The van der Waals surface area contributed by atoms with Gasteiger partial charge in [0.25, 0.3) is 5.91 Å². The van der Waals surface area contributed by atoms with Crippen LogP contribution in [0.25, 0.3) is 0 Å². The molecule has 0 aliphatic heterocycles. The summed E-state index contributed by atoms with van der Waals surface area (Å²) in [5.74, 6) is -0.0812. The molecule has 1 fully saturated rings. The first-order valence-corrected chi connectivity index (χ1v) is 6.05. The summed E-state index contributed by atoms with van der Waals surface area (Å²) in [7, 11) is 0. The highest BCUT2D eigenvalue weighted by molar-refractivity contribution is 5.94. The summed E-state index contributed by atoms with van der Waals surface area (Å²) in [4.78, 5) is 11.8. The second-order valence-corrected chi connectivity index (χ2v) is 4.61. The summed E-state index contributed by atoms with van der Waals surface area (Å²) in [5, 5.41) is 11.8. The topological polar surface area (TPSA) is 58.6 Å². The highest BCUT2D eigenvalue weighted by Gasteiger charge is 2.27. The standard InChI is InChI=1S/C13H15F2NO3/c14-13(15)19-11-3-1-2-9(6-11)12(18)16-7-8-4-10(17)5-8/h1-3,6,8,10,13,17H,4-5,7H2,(H,16,18). The normalized spacial score (nSPS) is 21.9. The Labute approximate surface area is 109 Å². The molecular weight excluding hydrogens is 256 g/mol. The Hall–Kier alpha value is -1.69. The lowest BCUT2D eigenvalue weighted by atomic mass is 9.82. The lowest BCUT2D eigenvalue weighted by Crippen LogP contribution is -2.38. The predicted octanol–water partition coefficient (Wildman–Crippen LogP) is 1.79. The molecule has 4 nitrogen and oxygen atoms in total. The van der Waals surface area contributed by atoms with Crippen LogP contribution in [0.3, 0.4) is 0 Å². The van der Waals surface area contributed by atoms with Gasteiger partial charge in [0, 0.05) is 12.1 Å². The van der Waals surface area contributed by atoms with Gasteiger partial charge in [0.1, 0.15) is 5.75 Å². The largest absolute Gasteiger partial charge is 0.435 e. The van der Waals surface area contributed by atoms with Gasteiger partial charge in [-0.1, -0.05) is 6.07 Å². The van der Waals surface area contributed by atoms with Crippen LogP contribution in [0.2, 0.25) is 0 Å². The van der Waals surface area contributed by atoms with E-state index in [2.05, 4.69) is 10.1 Å². The molecule has 0 radical (unpaired) electrons. The summed E-state index contributed by atoms with van der Waals surface area (Å²) in [5.41, 5.74) is 0.276. The Balaban J connectivity index is 1.87. The maximum Gasteiger partial charge on any atom is 0.387 e. The Kier molecular flexibility index (Phi) is 4.31. The Bertz CT molecular complexity index is 447. The zero-order valence-electron chi connectivity index (χ0n) is 10.2. The summed E-state index contributed by atoms with van der Waals surface area (Å²) >= 11 is 0. The maximum atomic E-state index is 12.1. The van der Waals surface area contributed by atoms with Crippen LogP contribution in [0.1, 0.15) is 23.2 Å². The molecule has 0 unspecified atom stereocenters. The summed E-state index contributed by atoms with van der Waals surface area (Å²) in [6, 6.07) is 5.66. The predicted molar refractivity (Wildman–Crippen MR) is 64.1 cm³/mol. The molecule has 1 aromatic rings. The second kappa shape index (κ2) is 5.97. The summed E-state index contributed by atoms with van der Waals surface area (Å²) < 4.78 is 28.3. The van der Waals surface area contributed by atoms with Crippen LogP contribution in [-0.4, -0.2) is 30.3 Å². The molecule has 0 bridgehead atoms. The van der Waals surface area contributed by atoms with Crippen molar-refractivity contribution in [2.75, 3.05) is 6.54 Å². The Morgan fingerprint density at radius 2 is 2.21 bits per heavy atom.